The highest BCUT2D eigenvalue weighted by molar-refractivity contribution is 5.99. The second-order valence-electron chi connectivity index (χ2n) is 5.32. The van der Waals surface area contributed by atoms with E-state index in [4.69, 9.17) is 0 Å². The molecule has 1 aromatic rings. The molecule has 3 heteroatoms. The first-order valence-electron chi connectivity index (χ1n) is 6.38. The van der Waals surface area contributed by atoms with E-state index in [0.29, 0.717) is 0 Å². The van der Waals surface area contributed by atoms with Gasteiger partial charge in [0.1, 0.15) is 0 Å². The molecule has 0 aromatic heterocycles. The lowest BCUT2D eigenvalue weighted by molar-refractivity contribution is -0.121. The van der Waals surface area contributed by atoms with E-state index >= 15 is 0 Å². The van der Waals surface area contributed by atoms with E-state index in [-0.39, 0.29) is 23.7 Å². The van der Waals surface area contributed by atoms with Gasteiger partial charge in [0.15, 0.2) is 5.78 Å². The molecule has 0 saturated carbocycles. The van der Waals surface area contributed by atoms with Crippen molar-refractivity contribution >= 4 is 17.4 Å². The monoisotopic (exact) mass is 245 g/mol. The van der Waals surface area contributed by atoms with Crippen LogP contribution in [0.5, 0.6) is 0 Å². The molecule has 1 unspecified atom stereocenters. The summed E-state index contributed by atoms with van der Waals surface area (Å²) in [4.78, 5) is 25.4. The molecule has 0 radical (unpaired) electrons. The van der Waals surface area contributed by atoms with Gasteiger partial charge < -0.3 is 4.90 Å². The minimum Gasteiger partial charge on any atom is -0.309 e. The van der Waals surface area contributed by atoms with Crippen LogP contribution in [0.2, 0.25) is 0 Å². The normalized spacial score (nSPS) is 18.1. The van der Waals surface area contributed by atoms with Gasteiger partial charge >= 0.3 is 0 Å². The molecule has 3 nitrogen and oxygen atoms in total. The number of Topliss-reactive ketones (excluding diaryl/α,β-unsaturated/α-hetero) is 1. The van der Waals surface area contributed by atoms with E-state index in [0.717, 1.165) is 23.2 Å². The SMILES string of the molecule is CC(=O)c1ccc2c(c1)CC(C)N2C(=O)C(C)C. The highest BCUT2D eigenvalue weighted by Gasteiger charge is 2.32. The van der Waals surface area contributed by atoms with E-state index in [1.165, 1.54) is 0 Å². The van der Waals surface area contributed by atoms with E-state index < -0.39 is 0 Å². The summed E-state index contributed by atoms with van der Waals surface area (Å²) in [6.07, 6.45) is 0.828. The van der Waals surface area contributed by atoms with Crippen LogP contribution in [0, 0.1) is 5.92 Å². The van der Waals surface area contributed by atoms with Crippen molar-refractivity contribution in [2.75, 3.05) is 4.90 Å². The van der Waals surface area contributed by atoms with Crippen LogP contribution in [0.25, 0.3) is 0 Å². The predicted octanol–water partition coefficient (Wildman–Crippen LogP) is 2.82. The summed E-state index contributed by atoms with van der Waals surface area (Å²) in [5, 5.41) is 0. The van der Waals surface area contributed by atoms with Crippen LogP contribution in [0.1, 0.15) is 43.6 Å². The lowest BCUT2D eigenvalue weighted by Crippen LogP contribution is -2.38. The quantitative estimate of drug-likeness (QED) is 0.751. The molecule has 0 fully saturated rings. The fourth-order valence-corrected chi connectivity index (χ4v) is 2.46. The van der Waals surface area contributed by atoms with Crippen LogP contribution >= 0.6 is 0 Å². The van der Waals surface area contributed by atoms with E-state index in [1.54, 1.807) is 13.0 Å². The van der Waals surface area contributed by atoms with Crippen molar-refractivity contribution in [3.8, 4) is 0 Å². The first kappa shape index (κ1) is 12.8. The fourth-order valence-electron chi connectivity index (χ4n) is 2.46. The third-order valence-corrected chi connectivity index (χ3v) is 3.43. The Labute approximate surface area is 108 Å². The molecule has 0 spiro atoms. The highest BCUT2D eigenvalue weighted by atomic mass is 16.2. The number of carbonyl (C=O) groups is 2. The van der Waals surface area contributed by atoms with E-state index in [2.05, 4.69) is 0 Å². The van der Waals surface area contributed by atoms with Crippen LogP contribution in [-0.4, -0.2) is 17.7 Å². The summed E-state index contributed by atoms with van der Waals surface area (Å²) in [7, 11) is 0. The van der Waals surface area contributed by atoms with Crippen LogP contribution in [0.4, 0.5) is 5.69 Å². The molecule has 18 heavy (non-hydrogen) atoms. The number of nitrogens with zero attached hydrogens (tertiary/aromatic N) is 1. The summed E-state index contributed by atoms with van der Waals surface area (Å²) in [5.74, 6) is 0.210. The van der Waals surface area contributed by atoms with Gasteiger partial charge in [0.25, 0.3) is 0 Å². The summed E-state index contributed by atoms with van der Waals surface area (Å²) in [6.45, 7) is 7.44. The summed E-state index contributed by atoms with van der Waals surface area (Å²) in [5.41, 5.74) is 2.79. The first-order valence-corrected chi connectivity index (χ1v) is 6.38. The molecule has 96 valence electrons. The average Bonchev–Trinajstić information content (AvgIpc) is 2.62. The van der Waals surface area contributed by atoms with E-state index in [9.17, 15) is 9.59 Å². The Kier molecular flexibility index (Phi) is 3.24. The predicted molar refractivity (Wildman–Crippen MR) is 71.9 cm³/mol. The number of hydrogen-bond donors (Lipinski definition) is 0. The smallest absolute Gasteiger partial charge is 0.229 e. The molecule has 1 heterocycles. The van der Waals surface area contributed by atoms with Gasteiger partial charge in [-0.15, -0.1) is 0 Å². The summed E-state index contributed by atoms with van der Waals surface area (Å²) >= 11 is 0. The van der Waals surface area contributed by atoms with Gasteiger partial charge in [-0.25, -0.2) is 0 Å². The average molecular weight is 245 g/mol. The van der Waals surface area contributed by atoms with Crippen molar-refractivity contribution in [2.24, 2.45) is 5.92 Å². The molecule has 0 aliphatic carbocycles. The molecule has 0 saturated heterocycles. The van der Waals surface area contributed by atoms with Gasteiger partial charge in [0.2, 0.25) is 5.91 Å². The Hall–Kier alpha value is -1.64. The topological polar surface area (TPSA) is 37.4 Å². The minimum absolute atomic E-state index is 0.00844. The summed E-state index contributed by atoms with van der Waals surface area (Å²) < 4.78 is 0. The fraction of sp³-hybridized carbons (Fsp3) is 0.467. The molecule has 0 bridgehead atoms. The number of rotatable bonds is 2. The zero-order valence-corrected chi connectivity index (χ0v) is 11.4. The van der Waals surface area contributed by atoms with Gasteiger partial charge in [0, 0.05) is 23.2 Å². The van der Waals surface area contributed by atoms with Crippen molar-refractivity contribution in [3.05, 3.63) is 29.3 Å². The van der Waals surface area contributed by atoms with Crippen molar-refractivity contribution in [2.45, 2.75) is 40.2 Å². The Bertz CT molecular complexity index is 505. The number of anilines is 1. The van der Waals surface area contributed by atoms with Gasteiger partial charge in [0.05, 0.1) is 0 Å². The highest BCUT2D eigenvalue weighted by Crippen LogP contribution is 2.34. The number of ketones is 1. The molecule has 1 aliphatic rings. The van der Waals surface area contributed by atoms with Crippen LogP contribution < -0.4 is 4.90 Å². The maximum atomic E-state index is 12.2. The number of carbonyl (C=O) groups excluding carboxylic acids is 2. The zero-order valence-electron chi connectivity index (χ0n) is 11.4. The van der Waals surface area contributed by atoms with Gasteiger partial charge in [-0.2, -0.15) is 0 Å². The minimum atomic E-state index is -0.00844. The van der Waals surface area contributed by atoms with Crippen molar-refractivity contribution in [1.82, 2.24) is 0 Å². The molecule has 0 N–H and O–H groups in total. The second-order valence-corrected chi connectivity index (χ2v) is 5.32. The second kappa shape index (κ2) is 4.56. The standard InChI is InChI=1S/C15H19NO2/c1-9(2)15(18)16-10(3)7-13-8-12(11(4)17)5-6-14(13)16/h5-6,8-10H,7H2,1-4H3. The zero-order chi connectivity index (χ0) is 13.4. The largest absolute Gasteiger partial charge is 0.309 e. The molecular weight excluding hydrogens is 226 g/mol. The van der Waals surface area contributed by atoms with Gasteiger partial charge in [-0.1, -0.05) is 13.8 Å². The van der Waals surface area contributed by atoms with Crippen LogP contribution in [0.15, 0.2) is 18.2 Å². The van der Waals surface area contributed by atoms with Crippen molar-refractivity contribution < 1.29 is 9.59 Å². The number of fused-ring (bicyclic) bond motifs is 1. The molecule has 2 rings (SSSR count). The first-order chi connectivity index (χ1) is 8.41. The third kappa shape index (κ3) is 2.05. The molecule has 1 aliphatic heterocycles. The Balaban J connectivity index is 2.41. The number of benzene rings is 1. The van der Waals surface area contributed by atoms with Gasteiger partial charge in [-0.3, -0.25) is 9.59 Å². The van der Waals surface area contributed by atoms with Crippen molar-refractivity contribution in [1.29, 1.82) is 0 Å². The molecule has 1 aromatic carbocycles. The lowest BCUT2D eigenvalue weighted by Gasteiger charge is -2.24. The maximum absolute atomic E-state index is 12.2. The summed E-state index contributed by atoms with van der Waals surface area (Å²) in [6, 6.07) is 5.80. The van der Waals surface area contributed by atoms with E-state index in [1.807, 2.05) is 37.8 Å². The lowest BCUT2D eigenvalue weighted by atomic mass is 10.1. The molecular formula is C15H19NO2. The number of hydrogen-bond acceptors (Lipinski definition) is 2. The Morgan fingerprint density at radius 1 is 1.33 bits per heavy atom. The van der Waals surface area contributed by atoms with Crippen LogP contribution in [-0.2, 0) is 11.2 Å². The maximum Gasteiger partial charge on any atom is 0.229 e. The third-order valence-electron chi connectivity index (χ3n) is 3.43. The van der Waals surface area contributed by atoms with Crippen molar-refractivity contribution in [3.63, 3.8) is 0 Å². The molecule has 1 amide bonds. The van der Waals surface area contributed by atoms with Crippen LogP contribution in [0.3, 0.4) is 0 Å². The Morgan fingerprint density at radius 2 is 2.00 bits per heavy atom. The Morgan fingerprint density at radius 3 is 2.56 bits per heavy atom. The van der Waals surface area contributed by atoms with Gasteiger partial charge in [-0.05, 0) is 44.0 Å². The number of amides is 1. The molecule has 1 atom stereocenters.